The molecule has 1 aliphatic rings. The average Bonchev–Trinajstić information content (AvgIpc) is 3.08. The van der Waals surface area contributed by atoms with Crippen molar-refractivity contribution >= 4 is 23.2 Å². The molecule has 1 fully saturated rings. The lowest BCUT2D eigenvalue weighted by atomic mass is 10.1. The Hall–Kier alpha value is -1.73. The van der Waals surface area contributed by atoms with E-state index in [4.69, 9.17) is 9.72 Å². The van der Waals surface area contributed by atoms with Crippen molar-refractivity contribution in [3.63, 3.8) is 0 Å². The third kappa shape index (κ3) is 3.67. The van der Waals surface area contributed by atoms with Crippen LogP contribution in [-0.4, -0.2) is 48.2 Å². The fraction of sp³-hybridized carbons (Fsp3) is 0.588. The Morgan fingerprint density at radius 1 is 1.25 bits per heavy atom. The summed E-state index contributed by atoms with van der Waals surface area (Å²) in [6, 6.07) is 2.13. The maximum atomic E-state index is 6.12. The maximum Gasteiger partial charge on any atom is 0.230 e. The largest absolute Gasteiger partial charge is 0.367 e. The van der Waals surface area contributed by atoms with Crippen molar-refractivity contribution in [3.05, 3.63) is 28.2 Å². The quantitative estimate of drug-likeness (QED) is 0.847. The number of hydrogen-bond acceptors (Lipinski definition) is 7. The van der Waals surface area contributed by atoms with Crippen molar-refractivity contribution in [2.45, 2.75) is 38.9 Å². The van der Waals surface area contributed by atoms with Crippen LogP contribution in [-0.2, 0) is 4.74 Å². The maximum absolute atomic E-state index is 6.12. The third-order valence-electron chi connectivity index (χ3n) is 4.00. The fourth-order valence-corrected chi connectivity index (χ4v) is 3.43. The first kappa shape index (κ1) is 17.1. The first-order chi connectivity index (χ1) is 11.4. The zero-order valence-electron chi connectivity index (χ0n) is 14.9. The van der Waals surface area contributed by atoms with Gasteiger partial charge in [0.15, 0.2) is 0 Å². The van der Waals surface area contributed by atoms with Crippen LogP contribution in [0, 0.1) is 0 Å². The molecule has 0 spiro atoms. The van der Waals surface area contributed by atoms with Crippen molar-refractivity contribution in [1.29, 1.82) is 0 Å². The number of aromatic nitrogens is 3. The third-order valence-corrected chi connectivity index (χ3v) is 4.71. The van der Waals surface area contributed by atoms with E-state index in [1.54, 1.807) is 11.3 Å². The lowest BCUT2D eigenvalue weighted by Crippen LogP contribution is -2.44. The molecule has 0 bridgehead atoms. The van der Waals surface area contributed by atoms with Crippen molar-refractivity contribution in [2.75, 3.05) is 37.0 Å². The van der Waals surface area contributed by atoms with Crippen LogP contribution < -0.4 is 9.80 Å². The summed E-state index contributed by atoms with van der Waals surface area (Å²) >= 11 is 1.70. The van der Waals surface area contributed by atoms with Crippen molar-refractivity contribution < 1.29 is 4.74 Å². The van der Waals surface area contributed by atoms with Gasteiger partial charge in [-0.05, 0) is 29.3 Å². The van der Waals surface area contributed by atoms with Gasteiger partial charge in [-0.25, -0.2) is 0 Å². The monoisotopic (exact) mass is 347 g/mol. The Kier molecular flexibility index (Phi) is 5.01. The molecule has 2 atom stereocenters. The predicted molar refractivity (Wildman–Crippen MR) is 98.1 cm³/mol. The molecule has 24 heavy (non-hydrogen) atoms. The number of thiophene rings is 1. The smallest absolute Gasteiger partial charge is 0.230 e. The van der Waals surface area contributed by atoms with E-state index < -0.39 is 0 Å². The molecule has 0 amide bonds. The van der Waals surface area contributed by atoms with E-state index in [0.717, 1.165) is 24.9 Å². The molecule has 1 aliphatic heterocycles. The highest BCUT2D eigenvalue weighted by atomic mass is 32.1. The minimum Gasteiger partial charge on any atom is -0.367 e. The summed E-state index contributed by atoms with van der Waals surface area (Å²) in [6.07, 6.45) is 0.188. The Balaban J connectivity index is 1.91. The zero-order valence-corrected chi connectivity index (χ0v) is 15.7. The van der Waals surface area contributed by atoms with E-state index in [1.807, 2.05) is 19.0 Å². The van der Waals surface area contributed by atoms with Crippen LogP contribution in [0.15, 0.2) is 16.8 Å². The minimum absolute atomic E-state index is 0.0575. The van der Waals surface area contributed by atoms with Gasteiger partial charge in [0, 0.05) is 26.6 Å². The predicted octanol–water partition coefficient (Wildman–Crippen LogP) is 3.09. The van der Waals surface area contributed by atoms with Gasteiger partial charge >= 0.3 is 0 Å². The number of morpholine rings is 1. The summed E-state index contributed by atoms with van der Waals surface area (Å²) in [7, 11) is 3.92. The number of hydrogen-bond donors (Lipinski definition) is 0. The average molecular weight is 347 g/mol. The van der Waals surface area contributed by atoms with Crippen molar-refractivity contribution in [3.8, 4) is 0 Å². The lowest BCUT2D eigenvalue weighted by molar-refractivity contribution is -0.0176. The van der Waals surface area contributed by atoms with Crippen molar-refractivity contribution in [2.24, 2.45) is 0 Å². The summed E-state index contributed by atoms with van der Waals surface area (Å²) in [5.74, 6) is 2.54. The molecule has 0 radical (unpaired) electrons. The van der Waals surface area contributed by atoms with E-state index in [2.05, 4.69) is 52.5 Å². The molecular weight excluding hydrogens is 322 g/mol. The van der Waals surface area contributed by atoms with Crippen LogP contribution >= 0.6 is 11.3 Å². The van der Waals surface area contributed by atoms with Gasteiger partial charge in [-0.15, -0.1) is 0 Å². The minimum atomic E-state index is 0.0575. The van der Waals surface area contributed by atoms with E-state index in [0.29, 0.717) is 5.95 Å². The number of nitrogens with zero attached hydrogens (tertiary/aromatic N) is 5. The molecule has 1 saturated heterocycles. The van der Waals surface area contributed by atoms with Gasteiger partial charge in [0.25, 0.3) is 0 Å². The van der Waals surface area contributed by atoms with Crippen LogP contribution in [0.3, 0.4) is 0 Å². The van der Waals surface area contributed by atoms with Gasteiger partial charge in [-0.2, -0.15) is 26.3 Å². The van der Waals surface area contributed by atoms with Crippen LogP contribution in [0.1, 0.15) is 44.2 Å². The Bertz CT molecular complexity index is 647. The molecule has 3 rings (SSSR count). The first-order valence-electron chi connectivity index (χ1n) is 8.30. The first-order valence-corrected chi connectivity index (χ1v) is 9.24. The molecule has 0 saturated carbocycles. The summed E-state index contributed by atoms with van der Waals surface area (Å²) in [6.45, 7) is 7.86. The topological polar surface area (TPSA) is 54.4 Å². The number of anilines is 2. The van der Waals surface area contributed by atoms with Gasteiger partial charge < -0.3 is 14.5 Å². The molecule has 0 aliphatic carbocycles. The van der Waals surface area contributed by atoms with Crippen molar-refractivity contribution in [1.82, 2.24) is 15.0 Å². The zero-order chi connectivity index (χ0) is 17.3. The Labute approximate surface area is 147 Å². The van der Waals surface area contributed by atoms with Gasteiger partial charge in [0.1, 0.15) is 11.9 Å². The molecule has 2 aromatic rings. The second-order valence-electron chi connectivity index (χ2n) is 6.74. The van der Waals surface area contributed by atoms with Gasteiger partial charge in [0.05, 0.1) is 12.6 Å². The molecular formula is C17H25N5OS. The van der Waals surface area contributed by atoms with Crippen LogP contribution in [0.2, 0.25) is 0 Å². The molecule has 7 heteroatoms. The highest BCUT2D eigenvalue weighted by Gasteiger charge is 2.29. The molecule has 2 unspecified atom stereocenters. The highest BCUT2D eigenvalue weighted by Crippen LogP contribution is 2.29. The Morgan fingerprint density at radius 3 is 2.67 bits per heavy atom. The SMILES string of the molecule is CC1CN(c2nc(C(C)C)nc(N(C)C)n2)CC(c2ccsc2)O1. The summed E-state index contributed by atoms with van der Waals surface area (Å²) in [4.78, 5) is 18.1. The second kappa shape index (κ2) is 7.03. The van der Waals surface area contributed by atoms with Gasteiger partial charge in [-0.1, -0.05) is 13.8 Å². The molecule has 2 aromatic heterocycles. The standard InChI is InChI=1S/C17H25N5OS/c1-11(2)15-18-16(21(4)5)20-17(19-15)22-8-12(3)23-14(9-22)13-6-7-24-10-13/h6-7,10-12,14H,8-9H2,1-5H3. The van der Waals surface area contributed by atoms with E-state index in [1.165, 1.54) is 5.56 Å². The summed E-state index contributed by atoms with van der Waals surface area (Å²) in [5.41, 5.74) is 1.22. The summed E-state index contributed by atoms with van der Waals surface area (Å²) in [5, 5.41) is 4.24. The number of ether oxygens (including phenoxy) is 1. The van der Waals surface area contributed by atoms with Crippen LogP contribution in [0.25, 0.3) is 0 Å². The van der Waals surface area contributed by atoms with Crippen LogP contribution in [0.4, 0.5) is 11.9 Å². The van der Waals surface area contributed by atoms with Gasteiger partial charge in [-0.3, -0.25) is 0 Å². The molecule has 130 valence electrons. The second-order valence-corrected chi connectivity index (χ2v) is 7.52. The van der Waals surface area contributed by atoms with E-state index in [9.17, 15) is 0 Å². The lowest BCUT2D eigenvalue weighted by Gasteiger charge is -2.37. The van der Waals surface area contributed by atoms with Crippen LogP contribution in [0.5, 0.6) is 0 Å². The Morgan fingerprint density at radius 2 is 2.04 bits per heavy atom. The molecule has 0 N–H and O–H groups in total. The normalized spacial score (nSPS) is 21.3. The summed E-state index contributed by atoms with van der Waals surface area (Å²) < 4.78 is 6.12. The molecule has 0 aromatic carbocycles. The highest BCUT2D eigenvalue weighted by molar-refractivity contribution is 7.07. The fourth-order valence-electron chi connectivity index (χ4n) is 2.73. The van der Waals surface area contributed by atoms with Gasteiger partial charge in [0.2, 0.25) is 11.9 Å². The number of rotatable bonds is 4. The molecule has 6 nitrogen and oxygen atoms in total. The molecule has 3 heterocycles. The van der Waals surface area contributed by atoms with E-state index in [-0.39, 0.29) is 18.1 Å². The van der Waals surface area contributed by atoms with E-state index >= 15 is 0 Å².